The molecule has 0 bridgehead atoms. The van der Waals surface area contributed by atoms with Crippen LogP contribution in [0, 0.1) is 11.2 Å². The Hall–Kier alpha value is -0.940. The number of sulfonamides is 1. The van der Waals surface area contributed by atoms with Crippen LogP contribution in [0.25, 0.3) is 0 Å². The highest BCUT2D eigenvalue weighted by Crippen LogP contribution is 2.33. The van der Waals surface area contributed by atoms with Crippen LogP contribution in [0.15, 0.2) is 18.2 Å². The van der Waals surface area contributed by atoms with Crippen LogP contribution in [-0.4, -0.2) is 25.0 Å². The van der Waals surface area contributed by atoms with Gasteiger partial charge in [-0.1, -0.05) is 26.8 Å². The minimum Gasteiger partial charge on any atom is -0.212 e. The SMILES string of the molecule is CC1c2cc(F)ccc2CCN1S(=O)(=O)CCC(C)(C)C. The predicted molar refractivity (Wildman–Crippen MR) is 83.1 cm³/mol. The van der Waals surface area contributed by atoms with Gasteiger partial charge in [-0.05, 0) is 48.4 Å². The summed E-state index contributed by atoms with van der Waals surface area (Å²) in [7, 11) is -3.31. The Balaban J connectivity index is 2.22. The van der Waals surface area contributed by atoms with Gasteiger partial charge in [0.05, 0.1) is 5.75 Å². The van der Waals surface area contributed by atoms with E-state index < -0.39 is 10.0 Å². The van der Waals surface area contributed by atoms with Crippen LogP contribution in [0.1, 0.15) is 51.3 Å². The molecule has 21 heavy (non-hydrogen) atoms. The Morgan fingerprint density at radius 1 is 1.33 bits per heavy atom. The van der Waals surface area contributed by atoms with Crippen LogP contribution >= 0.6 is 0 Å². The minimum atomic E-state index is -3.31. The molecule has 0 aliphatic carbocycles. The van der Waals surface area contributed by atoms with Crippen LogP contribution in [-0.2, 0) is 16.4 Å². The second-order valence-electron chi connectivity index (χ2n) is 7.01. The first-order valence-electron chi connectivity index (χ1n) is 7.38. The molecule has 0 saturated carbocycles. The summed E-state index contributed by atoms with van der Waals surface area (Å²) >= 11 is 0. The van der Waals surface area contributed by atoms with E-state index >= 15 is 0 Å². The Labute approximate surface area is 127 Å². The lowest BCUT2D eigenvalue weighted by Crippen LogP contribution is -2.40. The molecule has 0 radical (unpaired) electrons. The van der Waals surface area contributed by atoms with Crippen LogP contribution in [0.5, 0.6) is 0 Å². The third-order valence-electron chi connectivity index (χ3n) is 4.06. The predicted octanol–water partition coefficient (Wildman–Crippen LogP) is 3.51. The fraction of sp³-hybridized carbons (Fsp3) is 0.625. The largest absolute Gasteiger partial charge is 0.214 e. The van der Waals surface area contributed by atoms with Crippen molar-refractivity contribution in [1.82, 2.24) is 4.31 Å². The molecule has 1 unspecified atom stereocenters. The maximum atomic E-state index is 13.4. The Kier molecular flexibility index (Phi) is 4.45. The number of benzene rings is 1. The van der Waals surface area contributed by atoms with Gasteiger partial charge in [0.25, 0.3) is 0 Å². The van der Waals surface area contributed by atoms with Crippen molar-refractivity contribution >= 4 is 10.0 Å². The van der Waals surface area contributed by atoms with Gasteiger partial charge in [-0.3, -0.25) is 0 Å². The number of nitrogens with zero attached hydrogens (tertiary/aromatic N) is 1. The van der Waals surface area contributed by atoms with Crippen molar-refractivity contribution < 1.29 is 12.8 Å². The first kappa shape index (κ1) is 16.4. The molecule has 1 heterocycles. The van der Waals surface area contributed by atoms with E-state index in [0.717, 1.165) is 11.1 Å². The van der Waals surface area contributed by atoms with Gasteiger partial charge in [-0.15, -0.1) is 0 Å². The molecule has 1 aliphatic heterocycles. The summed E-state index contributed by atoms with van der Waals surface area (Å²) in [5, 5.41) is 0. The number of hydrogen-bond acceptors (Lipinski definition) is 2. The summed E-state index contributed by atoms with van der Waals surface area (Å²) in [6.07, 6.45) is 1.27. The maximum absolute atomic E-state index is 13.4. The lowest BCUT2D eigenvalue weighted by molar-refractivity contribution is 0.319. The second kappa shape index (κ2) is 5.69. The highest BCUT2D eigenvalue weighted by molar-refractivity contribution is 7.89. The Bertz CT molecular complexity index is 620. The van der Waals surface area contributed by atoms with Gasteiger partial charge in [0, 0.05) is 12.6 Å². The van der Waals surface area contributed by atoms with E-state index in [1.807, 2.05) is 27.7 Å². The third kappa shape index (κ3) is 3.83. The second-order valence-corrected chi connectivity index (χ2v) is 9.05. The van der Waals surface area contributed by atoms with Crippen molar-refractivity contribution in [3.8, 4) is 0 Å². The van der Waals surface area contributed by atoms with E-state index in [1.54, 1.807) is 6.07 Å². The van der Waals surface area contributed by atoms with E-state index in [-0.39, 0.29) is 23.0 Å². The number of fused-ring (bicyclic) bond motifs is 1. The van der Waals surface area contributed by atoms with Gasteiger partial charge < -0.3 is 0 Å². The average Bonchev–Trinajstić information content (AvgIpc) is 2.37. The molecule has 0 aromatic heterocycles. The summed E-state index contributed by atoms with van der Waals surface area (Å²) in [5.74, 6) is -0.166. The van der Waals surface area contributed by atoms with Gasteiger partial charge in [-0.25, -0.2) is 12.8 Å². The highest BCUT2D eigenvalue weighted by atomic mass is 32.2. The van der Waals surface area contributed by atoms with Gasteiger partial charge in [0.15, 0.2) is 0 Å². The Morgan fingerprint density at radius 2 is 2.00 bits per heavy atom. The van der Waals surface area contributed by atoms with Crippen LogP contribution in [0.4, 0.5) is 4.39 Å². The Morgan fingerprint density at radius 3 is 2.62 bits per heavy atom. The van der Waals surface area contributed by atoms with Crippen molar-refractivity contribution in [1.29, 1.82) is 0 Å². The van der Waals surface area contributed by atoms with Crippen LogP contribution in [0.2, 0.25) is 0 Å². The highest BCUT2D eigenvalue weighted by Gasteiger charge is 2.33. The lowest BCUT2D eigenvalue weighted by Gasteiger charge is -2.35. The van der Waals surface area contributed by atoms with E-state index in [1.165, 1.54) is 16.4 Å². The van der Waals surface area contributed by atoms with E-state index in [0.29, 0.717) is 19.4 Å². The number of rotatable bonds is 3. The minimum absolute atomic E-state index is 0.0177. The van der Waals surface area contributed by atoms with Crippen molar-refractivity contribution in [3.63, 3.8) is 0 Å². The van der Waals surface area contributed by atoms with Gasteiger partial charge in [-0.2, -0.15) is 4.31 Å². The molecular formula is C16H24FNO2S. The van der Waals surface area contributed by atoms with E-state index in [4.69, 9.17) is 0 Å². The summed E-state index contributed by atoms with van der Waals surface area (Å²) in [6.45, 7) is 8.42. The average molecular weight is 313 g/mol. The van der Waals surface area contributed by atoms with Crippen LogP contribution < -0.4 is 0 Å². The summed E-state index contributed by atoms with van der Waals surface area (Å²) in [5.41, 5.74) is 1.82. The molecule has 118 valence electrons. The topological polar surface area (TPSA) is 37.4 Å². The van der Waals surface area contributed by atoms with E-state index in [2.05, 4.69) is 0 Å². The van der Waals surface area contributed by atoms with Gasteiger partial charge in [0.1, 0.15) is 5.82 Å². The number of hydrogen-bond donors (Lipinski definition) is 0. The molecule has 0 N–H and O–H groups in total. The lowest BCUT2D eigenvalue weighted by atomic mass is 9.94. The number of halogens is 1. The smallest absolute Gasteiger partial charge is 0.212 e. The van der Waals surface area contributed by atoms with Crippen molar-refractivity contribution in [2.24, 2.45) is 5.41 Å². The monoisotopic (exact) mass is 313 g/mol. The standard InChI is InChI=1S/C16H24FNO2S/c1-12-15-11-14(17)6-5-13(15)7-9-18(12)21(19,20)10-8-16(2,3)4/h5-6,11-12H,7-10H2,1-4H3. The zero-order valence-electron chi connectivity index (χ0n) is 13.2. The molecule has 1 aromatic carbocycles. The molecule has 0 amide bonds. The molecule has 2 rings (SSSR count). The molecule has 0 saturated heterocycles. The first-order chi connectivity index (χ1) is 9.60. The van der Waals surface area contributed by atoms with Crippen molar-refractivity contribution in [2.45, 2.75) is 46.6 Å². The van der Waals surface area contributed by atoms with Gasteiger partial charge in [0.2, 0.25) is 10.0 Å². The van der Waals surface area contributed by atoms with Crippen molar-refractivity contribution in [3.05, 3.63) is 35.1 Å². The van der Waals surface area contributed by atoms with Crippen LogP contribution in [0.3, 0.4) is 0 Å². The fourth-order valence-electron chi connectivity index (χ4n) is 2.69. The summed E-state index contributed by atoms with van der Waals surface area (Å²) < 4.78 is 40.1. The molecular weight excluding hydrogens is 289 g/mol. The molecule has 3 nitrogen and oxygen atoms in total. The molecule has 1 atom stereocenters. The zero-order valence-corrected chi connectivity index (χ0v) is 14.0. The van der Waals surface area contributed by atoms with E-state index in [9.17, 15) is 12.8 Å². The third-order valence-corrected chi connectivity index (χ3v) is 5.99. The molecule has 5 heteroatoms. The molecule has 0 fully saturated rings. The van der Waals surface area contributed by atoms with Gasteiger partial charge >= 0.3 is 0 Å². The molecule has 1 aliphatic rings. The normalized spacial score (nSPS) is 20.3. The molecule has 0 spiro atoms. The molecule has 1 aromatic rings. The summed E-state index contributed by atoms with van der Waals surface area (Å²) in [4.78, 5) is 0. The first-order valence-corrected chi connectivity index (χ1v) is 8.99. The summed E-state index contributed by atoms with van der Waals surface area (Å²) in [6, 6.07) is 4.37. The fourth-order valence-corrected chi connectivity index (χ4v) is 4.76. The zero-order chi connectivity index (χ0) is 15.8. The quantitative estimate of drug-likeness (QED) is 0.856. The maximum Gasteiger partial charge on any atom is 0.214 e. The van der Waals surface area contributed by atoms with Crippen molar-refractivity contribution in [2.75, 3.05) is 12.3 Å².